The van der Waals surface area contributed by atoms with Crippen molar-refractivity contribution in [3.63, 3.8) is 0 Å². The van der Waals surface area contributed by atoms with E-state index in [9.17, 15) is 4.39 Å². The van der Waals surface area contributed by atoms with E-state index in [1.807, 2.05) is 23.8 Å². The lowest BCUT2D eigenvalue weighted by atomic mass is 9.83. The molecule has 7 rings (SSSR count). The van der Waals surface area contributed by atoms with Gasteiger partial charge >= 0.3 is 6.01 Å². The van der Waals surface area contributed by atoms with Gasteiger partial charge in [-0.15, -0.1) is 0 Å². The van der Waals surface area contributed by atoms with Crippen molar-refractivity contribution in [2.75, 3.05) is 20.2 Å². The zero-order valence-corrected chi connectivity index (χ0v) is 19.1. The minimum Gasteiger partial charge on any atom is -0.467 e. The van der Waals surface area contributed by atoms with Crippen LogP contribution in [0.5, 0.6) is 6.01 Å². The van der Waals surface area contributed by atoms with Crippen molar-refractivity contribution in [3.05, 3.63) is 65.8 Å². The first-order valence-electron chi connectivity index (χ1n) is 11.4. The SMILES string of the molecule is COc1nc(C)c2nc(-c3cncc(F)c3)n(Cc3ccc(C4=CN5CCC4CC5)cn3)c2n1. The molecule has 1 fully saturated rings. The van der Waals surface area contributed by atoms with Crippen molar-refractivity contribution >= 4 is 16.7 Å². The molecule has 2 bridgehead atoms. The largest absolute Gasteiger partial charge is 0.467 e. The van der Waals surface area contributed by atoms with Gasteiger partial charge in [0.05, 0.1) is 31.2 Å². The Bertz CT molecular complexity index is 1410. The Labute approximate surface area is 196 Å². The van der Waals surface area contributed by atoms with Crippen LogP contribution in [0.25, 0.3) is 28.1 Å². The average Bonchev–Trinajstić information content (AvgIpc) is 3.24. The quantitative estimate of drug-likeness (QED) is 0.450. The fourth-order valence-corrected chi connectivity index (χ4v) is 4.91. The Morgan fingerprint density at radius 1 is 1.06 bits per heavy atom. The second-order valence-corrected chi connectivity index (χ2v) is 8.81. The van der Waals surface area contributed by atoms with Crippen LogP contribution in [0.1, 0.15) is 29.8 Å². The van der Waals surface area contributed by atoms with Crippen LogP contribution < -0.4 is 4.74 Å². The summed E-state index contributed by atoms with van der Waals surface area (Å²) in [4.78, 5) is 24.8. The molecule has 0 aromatic carbocycles. The van der Waals surface area contributed by atoms with Gasteiger partial charge in [-0.05, 0) is 49.0 Å². The maximum Gasteiger partial charge on any atom is 0.318 e. The molecule has 3 aliphatic rings. The summed E-state index contributed by atoms with van der Waals surface area (Å²) >= 11 is 0. The average molecular weight is 458 g/mol. The number of allylic oxidation sites excluding steroid dienone is 1. The molecule has 34 heavy (non-hydrogen) atoms. The predicted molar refractivity (Wildman–Crippen MR) is 125 cm³/mol. The summed E-state index contributed by atoms with van der Waals surface area (Å²) in [5.74, 6) is 0.748. The molecule has 172 valence electrons. The fourth-order valence-electron chi connectivity index (χ4n) is 4.91. The van der Waals surface area contributed by atoms with Crippen molar-refractivity contribution in [1.82, 2.24) is 34.4 Å². The predicted octanol–water partition coefficient (Wildman–Crippen LogP) is 3.85. The lowest BCUT2D eigenvalue weighted by Crippen LogP contribution is -2.35. The highest BCUT2D eigenvalue weighted by Crippen LogP contribution is 2.37. The molecule has 7 heterocycles. The van der Waals surface area contributed by atoms with E-state index < -0.39 is 5.82 Å². The van der Waals surface area contributed by atoms with Crippen LogP contribution in [-0.2, 0) is 6.54 Å². The topological polar surface area (TPSA) is 81.9 Å². The maximum atomic E-state index is 14.0. The second-order valence-electron chi connectivity index (χ2n) is 8.81. The molecule has 0 N–H and O–H groups in total. The van der Waals surface area contributed by atoms with Crippen LogP contribution in [0, 0.1) is 18.7 Å². The number of aromatic nitrogens is 6. The van der Waals surface area contributed by atoms with E-state index in [4.69, 9.17) is 14.7 Å². The van der Waals surface area contributed by atoms with E-state index in [0.717, 1.165) is 18.8 Å². The molecule has 8 nitrogen and oxygen atoms in total. The van der Waals surface area contributed by atoms with Crippen LogP contribution in [-0.4, -0.2) is 54.6 Å². The Hall–Kier alpha value is -3.88. The zero-order chi connectivity index (χ0) is 23.2. The van der Waals surface area contributed by atoms with Gasteiger partial charge in [-0.2, -0.15) is 9.97 Å². The van der Waals surface area contributed by atoms with E-state index in [1.54, 1.807) is 6.20 Å². The monoisotopic (exact) mass is 457 g/mol. The van der Waals surface area contributed by atoms with Crippen molar-refractivity contribution in [2.24, 2.45) is 5.92 Å². The van der Waals surface area contributed by atoms with Gasteiger partial charge in [0.2, 0.25) is 0 Å². The number of piperidine rings is 1. The highest BCUT2D eigenvalue weighted by atomic mass is 19.1. The standard InChI is InChI=1S/C25H24FN7O/c1-15-22-24(31-25(29-15)34-2)33(23(30-22)18-9-19(26)12-27-10-18)13-20-4-3-17(11-28-20)21-14-32-7-5-16(21)6-8-32/h3-4,9-12,14,16H,5-8,13H2,1-2H3. The number of hydrogen-bond acceptors (Lipinski definition) is 7. The van der Waals surface area contributed by atoms with Gasteiger partial charge in [-0.3, -0.25) is 9.97 Å². The van der Waals surface area contributed by atoms with Gasteiger partial charge in [0.25, 0.3) is 0 Å². The van der Waals surface area contributed by atoms with Crippen molar-refractivity contribution in [2.45, 2.75) is 26.3 Å². The lowest BCUT2D eigenvalue weighted by molar-refractivity contribution is 0.252. The Kier molecular flexibility index (Phi) is 4.97. The first-order valence-corrected chi connectivity index (χ1v) is 11.4. The number of halogens is 1. The van der Waals surface area contributed by atoms with Crippen LogP contribution in [0.4, 0.5) is 4.39 Å². The number of ether oxygens (including phenoxy) is 1. The van der Waals surface area contributed by atoms with E-state index in [1.165, 1.54) is 43.4 Å². The number of aryl methyl sites for hydroxylation is 1. The number of rotatable bonds is 5. The van der Waals surface area contributed by atoms with Crippen LogP contribution in [0.15, 0.2) is 43.0 Å². The number of imidazole rings is 1. The zero-order valence-electron chi connectivity index (χ0n) is 19.1. The number of methoxy groups -OCH3 is 1. The molecule has 0 spiro atoms. The summed E-state index contributed by atoms with van der Waals surface area (Å²) in [6, 6.07) is 5.85. The Morgan fingerprint density at radius 2 is 1.91 bits per heavy atom. The van der Waals surface area contributed by atoms with Crippen LogP contribution in [0.2, 0.25) is 0 Å². The van der Waals surface area contributed by atoms with Crippen molar-refractivity contribution < 1.29 is 9.13 Å². The normalized spacial score (nSPS) is 15.7. The number of pyridine rings is 2. The van der Waals surface area contributed by atoms with E-state index in [-0.39, 0.29) is 6.01 Å². The summed E-state index contributed by atoms with van der Waals surface area (Å²) in [5.41, 5.74) is 5.89. The van der Waals surface area contributed by atoms with Gasteiger partial charge in [0.15, 0.2) is 5.65 Å². The summed E-state index contributed by atoms with van der Waals surface area (Å²) in [6.45, 7) is 4.56. The van der Waals surface area contributed by atoms with Gasteiger partial charge in [-0.25, -0.2) is 9.37 Å². The molecule has 0 amide bonds. The second kappa shape index (κ2) is 8.16. The molecule has 0 atom stereocenters. The molecule has 0 unspecified atom stereocenters. The third-order valence-corrected chi connectivity index (χ3v) is 6.66. The molecule has 3 aliphatic heterocycles. The Balaban J connectivity index is 1.41. The molecule has 0 aliphatic carbocycles. The third kappa shape index (κ3) is 3.57. The molecular weight excluding hydrogens is 433 g/mol. The van der Waals surface area contributed by atoms with Gasteiger partial charge in [-0.1, -0.05) is 6.07 Å². The number of fused-ring (bicyclic) bond motifs is 3. The minimum atomic E-state index is -0.426. The van der Waals surface area contributed by atoms with E-state index >= 15 is 0 Å². The molecule has 4 aromatic rings. The lowest BCUT2D eigenvalue weighted by Gasteiger charge is -2.39. The molecule has 0 saturated carbocycles. The van der Waals surface area contributed by atoms with E-state index in [2.05, 4.69) is 32.1 Å². The molecule has 9 heteroatoms. The van der Waals surface area contributed by atoms with Crippen molar-refractivity contribution in [1.29, 1.82) is 0 Å². The third-order valence-electron chi connectivity index (χ3n) is 6.66. The van der Waals surface area contributed by atoms with E-state index in [0.29, 0.717) is 40.7 Å². The summed E-state index contributed by atoms with van der Waals surface area (Å²) < 4.78 is 21.2. The summed E-state index contributed by atoms with van der Waals surface area (Å²) in [7, 11) is 1.53. The molecule has 4 aromatic heterocycles. The highest BCUT2D eigenvalue weighted by Gasteiger charge is 2.28. The van der Waals surface area contributed by atoms with Crippen LogP contribution >= 0.6 is 0 Å². The summed E-state index contributed by atoms with van der Waals surface area (Å²) in [6.07, 6.45) is 9.43. The number of nitrogens with zero attached hydrogens (tertiary/aromatic N) is 7. The summed E-state index contributed by atoms with van der Waals surface area (Å²) in [5, 5.41) is 0. The molecular formula is C25H24FN7O. The smallest absolute Gasteiger partial charge is 0.318 e. The first kappa shape index (κ1) is 20.7. The Morgan fingerprint density at radius 3 is 2.59 bits per heavy atom. The van der Waals surface area contributed by atoms with Gasteiger partial charge in [0.1, 0.15) is 17.2 Å². The fraction of sp³-hybridized carbons (Fsp3) is 0.320. The van der Waals surface area contributed by atoms with Gasteiger partial charge in [0, 0.05) is 37.2 Å². The minimum absolute atomic E-state index is 0.257. The first-order chi connectivity index (χ1) is 16.6. The molecule has 0 radical (unpaired) electrons. The van der Waals surface area contributed by atoms with Crippen molar-refractivity contribution in [3.8, 4) is 17.4 Å². The molecule has 1 saturated heterocycles. The number of hydrogen-bond donors (Lipinski definition) is 0. The highest BCUT2D eigenvalue weighted by molar-refractivity contribution is 5.79. The maximum absolute atomic E-state index is 14.0. The van der Waals surface area contributed by atoms with Crippen LogP contribution in [0.3, 0.4) is 0 Å². The van der Waals surface area contributed by atoms with Gasteiger partial charge < -0.3 is 14.2 Å².